The Labute approximate surface area is 116 Å². The van der Waals surface area contributed by atoms with Gasteiger partial charge in [0, 0.05) is 12.0 Å². The Balaban J connectivity index is 1.97. The fourth-order valence-electron chi connectivity index (χ4n) is 2.51. The van der Waals surface area contributed by atoms with E-state index >= 15 is 0 Å². The summed E-state index contributed by atoms with van der Waals surface area (Å²) in [6, 6.07) is 0.287. The van der Waals surface area contributed by atoms with Gasteiger partial charge in [0.15, 0.2) is 0 Å². The maximum Gasteiger partial charge on any atom is 0.391 e. The molecule has 1 saturated carbocycles. The van der Waals surface area contributed by atoms with Gasteiger partial charge in [0.05, 0.1) is 12.5 Å². The van der Waals surface area contributed by atoms with Crippen LogP contribution in [0.5, 0.6) is 0 Å². The average molecular weight is 291 g/mol. The van der Waals surface area contributed by atoms with Crippen molar-refractivity contribution in [2.75, 3.05) is 0 Å². The Morgan fingerprint density at radius 2 is 2.05 bits per heavy atom. The molecule has 0 radical (unpaired) electrons. The maximum atomic E-state index is 12.8. The number of nitrogens with zero attached hydrogens (tertiary/aromatic N) is 2. The van der Waals surface area contributed by atoms with E-state index < -0.39 is 12.1 Å². The molecule has 114 valence electrons. The highest BCUT2D eigenvalue weighted by atomic mass is 19.4. The van der Waals surface area contributed by atoms with Crippen LogP contribution in [0.25, 0.3) is 0 Å². The van der Waals surface area contributed by atoms with E-state index in [1.807, 2.05) is 13.8 Å². The minimum atomic E-state index is -4.12. The molecule has 0 saturated heterocycles. The highest BCUT2D eigenvalue weighted by Crippen LogP contribution is 2.43. The summed E-state index contributed by atoms with van der Waals surface area (Å²) in [6.07, 6.45) is -2.62. The van der Waals surface area contributed by atoms with Gasteiger partial charge in [-0.2, -0.15) is 13.2 Å². The van der Waals surface area contributed by atoms with Gasteiger partial charge >= 0.3 is 6.18 Å². The van der Waals surface area contributed by atoms with E-state index in [1.165, 1.54) is 0 Å². The van der Waals surface area contributed by atoms with E-state index in [2.05, 4.69) is 15.5 Å². The van der Waals surface area contributed by atoms with E-state index in [-0.39, 0.29) is 24.8 Å². The highest BCUT2D eigenvalue weighted by molar-refractivity contribution is 4.96. The Kier molecular flexibility index (Phi) is 4.67. The molecule has 0 spiro atoms. The molecule has 1 heterocycles. The van der Waals surface area contributed by atoms with Crippen molar-refractivity contribution in [3.05, 3.63) is 11.8 Å². The molecule has 1 fully saturated rings. The molecule has 7 heteroatoms. The van der Waals surface area contributed by atoms with Crippen LogP contribution >= 0.6 is 0 Å². The number of aromatic nitrogens is 2. The monoisotopic (exact) mass is 291 g/mol. The minimum Gasteiger partial charge on any atom is -0.424 e. The molecule has 20 heavy (non-hydrogen) atoms. The van der Waals surface area contributed by atoms with Crippen LogP contribution in [-0.4, -0.2) is 22.4 Å². The molecule has 0 bridgehead atoms. The van der Waals surface area contributed by atoms with Crippen LogP contribution < -0.4 is 5.32 Å². The third-order valence-electron chi connectivity index (χ3n) is 3.63. The van der Waals surface area contributed by atoms with Gasteiger partial charge in [0.1, 0.15) is 0 Å². The minimum absolute atomic E-state index is 0.0583. The van der Waals surface area contributed by atoms with Gasteiger partial charge in [0.25, 0.3) is 0 Å². The Morgan fingerprint density at radius 1 is 1.30 bits per heavy atom. The van der Waals surface area contributed by atoms with E-state index in [9.17, 15) is 13.2 Å². The second-order valence-corrected chi connectivity index (χ2v) is 5.67. The smallest absolute Gasteiger partial charge is 0.391 e. The molecule has 2 unspecified atom stereocenters. The lowest BCUT2D eigenvalue weighted by Crippen LogP contribution is -2.28. The molecular weight excluding hydrogens is 271 g/mol. The van der Waals surface area contributed by atoms with Crippen molar-refractivity contribution >= 4 is 0 Å². The third-order valence-corrected chi connectivity index (χ3v) is 3.63. The van der Waals surface area contributed by atoms with Crippen LogP contribution in [0.2, 0.25) is 0 Å². The Bertz CT molecular complexity index is 431. The Hall–Kier alpha value is -1.11. The predicted molar refractivity (Wildman–Crippen MR) is 67.0 cm³/mol. The first-order chi connectivity index (χ1) is 9.36. The molecule has 2 atom stereocenters. The van der Waals surface area contributed by atoms with Crippen LogP contribution in [0.1, 0.15) is 57.2 Å². The SMILES string of the molecule is CC(C)NCc1nnc(C2CCCC(C(F)(F)F)C2)o1. The summed E-state index contributed by atoms with van der Waals surface area (Å²) >= 11 is 0. The molecular formula is C13H20F3N3O. The lowest BCUT2D eigenvalue weighted by molar-refractivity contribution is -0.183. The number of alkyl halides is 3. The lowest BCUT2D eigenvalue weighted by Gasteiger charge is -2.28. The van der Waals surface area contributed by atoms with E-state index in [1.54, 1.807) is 0 Å². The van der Waals surface area contributed by atoms with Crippen LogP contribution in [0.15, 0.2) is 4.42 Å². The summed E-state index contributed by atoms with van der Waals surface area (Å²) in [5.41, 5.74) is 0. The maximum absolute atomic E-state index is 12.8. The molecule has 1 N–H and O–H groups in total. The standard InChI is InChI=1S/C13H20F3N3O/c1-8(2)17-7-11-18-19-12(20-11)9-4-3-5-10(6-9)13(14,15)16/h8-10,17H,3-7H2,1-2H3. The first-order valence-electron chi connectivity index (χ1n) is 6.98. The van der Waals surface area contributed by atoms with Crippen molar-refractivity contribution < 1.29 is 17.6 Å². The van der Waals surface area contributed by atoms with Crippen molar-refractivity contribution in [1.82, 2.24) is 15.5 Å². The number of hydrogen-bond donors (Lipinski definition) is 1. The average Bonchev–Trinajstić information content (AvgIpc) is 2.84. The van der Waals surface area contributed by atoms with Crippen LogP contribution in [-0.2, 0) is 6.54 Å². The second-order valence-electron chi connectivity index (χ2n) is 5.67. The topological polar surface area (TPSA) is 51.0 Å². The molecule has 2 rings (SSSR count). The van der Waals surface area contributed by atoms with Gasteiger partial charge < -0.3 is 9.73 Å². The van der Waals surface area contributed by atoms with E-state index in [0.717, 1.165) is 0 Å². The summed E-state index contributed by atoms with van der Waals surface area (Å²) in [7, 11) is 0. The van der Waals surface area contributed by atoms with Gasteiger partial charge in [-0.25, -0.2) is 0 Å². The molecule has 0 amide bonds. The lowest BCUT2D eigenvalue weighted by atomic mass is 9.81. The first-order valence-corrected chi connectivity index (χ1v) is 6.98. The number of halogens is 3. The number of hydrogen-bond acceptors (Lipinski definition) is 4. The molecule has 1 aliphatic rings. The fourth-order valence-corrected chi connectivity index (χ4v) is 2.51. The molecule has 1 aromatic rings. The van der Waals surface area contributed by atoms with E-state index in [0.29, 0.717) is 31.2 Å². The van der Waals surface area contributed by atoms with Crippen molar-refractivity contribution in [2.45, 2.75) is 64.2 Å². The summed E-state index contributed by atoms with van der Waals surface area (Å²) < 4.78 is 43.8. The summed E-state index contributed by atoms with van der Waals surface area (Å²) in [5, 5.41) is 10.9. The van der Waals surface area contributed by atoms with Gasteiger partial charge in [-0.3, -0.25) is 0 Å². The summed E-state index contributed by atoms with van der Waals surface area (Å²) in [4.78, 5) is 0. The predicted octanol–water partition coefficient (Wildman–Crippen LogP) is 3.40. The second kappa shape index (κ2) is 6.11. The zero-order chi connectivity index (χ0) is 14.8. The summed E-state index contributed by atoms with van der Waals surface area (Å²) in [6.45, 7) is 4.43. The normalized spacial score (nSPS) is 24.3. The zero-order valence-corrected chi connectivity index (χ0v) is 11.7. The van der Waals surface area contributed by atoms with Crippen molar-refractivity contribution in [2.24, 2.45) is 5.92 Å². The molecule has 0 aromatic carbocycles. The highest BCUT2D eigenvalue weighted by Gasteiger charge is 2.43. The van der Waals surface area contributed by atoms with Crippen LogP contribution in [0.4, 0.5) is 13.2 Å². The van der Waals surface area contributed by atoms with Crippen molar-refractivity contribution in [3.8, 4) is 0 Å². The van der Waals surface area contributed by atoms with Gasteiger partial charge in [-0.15, -0.1) is 10.2 Å². The Morgan fingerprint density at radius 3 is 2.70 bits per heavy atom. The van der Waals surface area contributed by atoms with Crippen molar-refractivity contribution in [3.63, 3.8) is 0 Å². The largest absolute Gasteiger partial charge is 0.424 e. The van der Waals surface area contributed by atoms with Crippen molar-refractivity contribution in [1.29, 1.82) is 0 Å². The zero-order valence-electron chi connectivity index (χ0n) is 11.7. The third kappa shape index (κ3) is 3.94. The molecule has 1 aliphatic carbocycles. The molecule has 0 aliphatic heterocycles. The van der Waals surface area contributed by atoms with Gasteiger partial charge in [-0.05, 0) is 19.3 Å². The van der Waals surface area contributed by atoms with Crippen LogP contribution in [0, 0.1) is 5.92 Å². The van der Waals surface area contributed by atoms with Gasteiger partial charge in [-0.1, -0.05) is 20.3 Å². The summed E-state index contributed by atoms with van der Waals surface area (Å²) in [5.74, 6) is -0.733. The van der Waals surface area contributed by atoms with E-state index in [4.69, 9.17) is 4.42 Å². The quantitative estimate of drug-likeness (QED) is 0.923. The number of rotatable bonds is 4. The van der Waals surface area contributed by atoms with Gasteiger partial charge in [0.2, 0.25) is 11.8 Å². The molecule has 4 nitrogen and oxygen atoms in total. The van der Waals surface area contributed by atoms with Crippen LogP contribution in [0.3, 0.4) is 0 Å². The molecule has 1 aromatic heterocycles. The first kappa shape index (κ1) is 15.3. The fraction of sp³-hybridized carbons (Fsp3) is 0.846. The number of nitrogens with one attached hydrogen (secondary N) is 1.